The zero-order valence-electron chi connectivity index (χ0n) is 21.0. The topological polar surface area (TPSA) is 117 Å². The van der Waals surface area contributed by atoms with Gasteiger partial charge in [-0.1, -0.05) is 72.8 Å². The van der Waals surface area contributed by atoms with E-state index in [2.05, 4.69) is 10.8 Å². The van der Waals surface area contributed by atoms with Gasteiger partial charge in [-0.15, -0.1) is 0 Å². The Bertz CT molecular complexity index is 1660. The smallest absolute Gasteiger partial charge is 0.275 e. The molecular weight excluding hydrogens is 488 g/mol. The number of amidine groups is 1. The van der Waals surface area contributed by atoms with Crippen molar-refractivity contribution < 1.29 is 14.4 Å². The van der Waals surface area contributed by atoms with Crippen molar-refractivity contribution in [2.45, 2.75) is 6.61 Å². The number of nitrogen functional groups attached to an aromatic ring is 1. The summed E-state index contributed by atoms with van der Waals surface area (Å²) in [4.78, 5) is 32.2. The molecule has 0 unspecified atom stereocenters. The van der Waals surface area contributed by atoms with E-state index in [-0.39, 0.29) is 18.3 Å². The third kappa shape index (κ3) is 5.84. The first-order chi connectivity index (χ1) is 19.0. The van der Waals surface area contributed by atoms with Crippen LogP contribution in [-0.4, -0.2) is 17.6 Å². The Morgan fingerprint density at radius 3 is 2.05 bits per heavy atom. The Balaban J connectivity index is 1.48. The lowest BCUT2D eigenvalue weighted by molar-refractivity contribution is 0.0234. The van der Waals surface area contributed by atoms with Crippen molar-refractivity contribution >= 4 is 34.1 Å². The van der Waals surface area contributed by atoms with Gasteiger partial charge in [-0.25, -0.2) is 5.48 Å². The molecule has 0 radical (unpaired) electrons. The maximum Gasteiger partial charge on any atom is 0.275 e. The first-order valence-electron chi connectivity index (χ1n) is 12.3. The lowest BCUT2D eigenvalue weighted by Crippen LogP contribution is -2.24. The first-order valence-corrected chi connectivity index (χ1v) is 12.3. The van der Waals surface area contributed by atoms with E-state index in [0.29, 0.717) is 33.5 Å². The molecule has 0 aliphatic heterocycles. The van der Waals surface area contributed by atoms with Crippen LogP contribution in [0.4, 0.5) is 5.69 Å². The fourth-order valence-electron chi connectivity index (χ4n) is 4.31. The number of amides is 2. The zero-order chi connectivity index (χ0) is 27.2. The van der Waals surface area contributed by atoms with Gasteiger partial charge < -0.3 is 11.1 Å². The van der Waals surface area contributed by atoms with E-state index in [0.717, 1.165) is 16.3 Å². The summed E-state index contributed by atoms with van der Waals surface area (Å²) < 4.78 is 0. The molecule has 2 amide bonds. The van der Waals surface area contributed by atoms with E-state index < -0.39 is 5.91 Å². The van der Waals surface area contributed by atoms with Crippen molar-refractivity contribution in [3.63, 3.8) is 0 Å². The first kappa shape index (κ1) is 25.4. The van der Waals surface area contributed by atoms with Crippen molar-refractivity contribution in [2.75, 3.05) is 5.32 Å². The van der Waals surface area contributed by atoms with E-state index in [4.69, 9.17) is 16.0 Å². The molecule has 0 spiro atoms. The predicted octanol–water partition coefficient (Wildman–Crippen LogP) is 5.90. The highest BCUT2D eigenvalue weighted by atomic mass is 16.6. The number of carbonyl (C=O) groups is 2. The second-order valence-electron chi connectivity index (χ2n) is 8.94. The molecule has 7 heteroatoms. The minimum atomic E-state index is -0.416. The van der Waals surface area contributed by atoms with Gasteiger partial charge in [0.1, 0.15) is 5.84 Å². The van der Waals surface area contributed by atoms with Crippen LogP contribution < -0.4 is 16.5 Å². The Morgan fingerprint density at radius 2 is 1.33 bits per heavy atom. The highest BCUT2D eigenvalue weighted by Gasteiger charge is 2.20. The summed E-state index contributed by atoms with van der Waals surface area (Å²) in [5.41, 5.74) is 12.1. The number of nitrogens with two attached hydrogens (primary N) is 1. The second kappa shape index (κ2) is 11.4. The molecule has 0 aromatic heterocycles. The average molecular weight is 515 g/mol. The summed E-state index contributed by atoms with van der Waals surface area (Å²) in [7, 11) is 0. The molecule has 7 nitrogen and oxygen atoms in total. The number of hydrogen-bond acceptors (Lipinski definition) is 4. The van der Waals surface area contributed by atoms with Gasteiger partial charge in [-0.3, -0.25) is 19.8 Å². The van der Waals surface area contributed by atoms with Crippen LogP contribution in [0.3, 0.4) is 0 Å². The second-order valence-corrected chi connectivity index (χ2v) is 8.94. The molecule has 0 saturated carbocycles. The van der Waals surface area contributed by atoms with Gasteiger partial charge >= 0.3 is 0 Å². The fourth-order valence-corrected chi connectivity index (χ4v) is 4.31. The van der Waals surface area contributed by atoms with Crippen LogP contribution in [0.5, 0.6) is 0 Å². The maximum atomic E-state index is 13.6. The average Bonchev–Trinajstić information content (AvgIpc) is 2.97. The summed E-state index contributed by atoms with van der Waals surface area (Å²) in [6, 6.07) is 34.9. The summed E-state index contributed by atoms with van der Waals surface area (Å²) in [5, 5.41) is 12.3. The monoisotopic (exact) mass is 514 g/mol. The number of nitrogens with one attached hydrogen (secondary N) is 3. The number of hydrogen-bond donors (Lipinski definition) is 4. The third-order valence-electron chi connectivity index (χ3n) is 6.29. The molecule has 0 atom stereocenters. The number of fused-ring (bicyclic) bond motifs is 1. The van der Waals surface area contributed by atoms with Gasteiger partial charge in [0.25, 0.3) is 11.8 Å². The highest BCUT2D eigenvalue weighted by molar-refractivity contribution is 6.13. The predicted molar refractivity (Wildman–Crippen MR) is 153 cm³/mol. The quantitative estimate of drug-likeness (QED) is 0.117. The molecule has 5 aromatic carbocycles. The van der Waals surface area contributed by atoms with Crippen molar-refractivity contribution in [3.8, 4) is 11.1 Å². The minimum absolute atomic E-state index is 0.0488. The number of anilines is 1. The normalized spacial score (nSPS) is 10.7. The molecule has 5 rings (SSSR count). The zero-order valence-corrected chi connectivity index (χ0v) is 21.0. The molecular formula is C32H26N4O3. The molecule has 39 heavy (non-hydrogen) atoms. The Labute approximate surface area is 225 Å². The van der Waals surface area contributed by atoms with Gasteiger partial charge in [0.05, 0.1) is 6.61 Å². The van der Waals surface area contributed by atoms with Gasteiger partial charge in [0, 0.05) is 22.4 Å². The summed E-state index contributed by atoms with van der Waals surface area (Å²) in [5.74, 6) is -0.796. The van der Waals surface area contributed by atoms with Crippen molar-refractivity contribution in [1.29, 1.82) is 5.41 Å². The van der Waals surface area contributed by atoms with E-state index in [1.807, 2.05) is 78.9 Å². The van der Waals surface area contributed by atoms with Gasteiger partial charge in [0.2, 0.25) is 0 Å². The molecule has 0 fully saturated rings. The highest BCUT2D eigenvalue weighted by Crippen LogP contribution is 2.32. The molecule has 0 bridgehead atoms. The van der Waals surface area contributed by atoms with Crippen LogP contribution in [0, 0.1) is 5.41 Å². The Kier molecular flexibility index (Phi) is 7.43. The maximum absolute atomic E-state index is 13.6. The number of hydroxylamine groups is 1. The van der Waals surface area contributed by atoms with Crippen LogP contribution in [0.15, 0.2) is 115 Å². The molecule has 0 aliphatic carbocycles. The van der Waals surface area contributed by atoms with Crippen LogP contribution in [0.1, 0.15) is 31.8 Å². The van der Waals surface area contributed by atoms with Crippen LogP contribution in [0.2, 0.25) is 0 Å². The molecule has 5 N–H and O–H groups in total. The fraction of sp³-hybridized carbons (Fsp3) is 0.0312. The Morgan fingerprint density at radius 1 is 0.692 bits per heavy atom. The van der Waals surface area contributed by atoms with Crippen molar-refractivity contribution in [2.24, 2.45) is 5.73 Å². The number of carbonyl (C=O) groups excluding carboxylic acids is 2. The molecule has 0 saturated heterocycles. The third-order valence-corrected chi connectivity index (χ3v) is 6.29. The van der Waals surface area contributed by atoms with Crippen LogP contribution >= 0.6 is 0 Å². The van der Waals surface area contributed by atoms with Gasteiger partial charge in [-0.05, 0) is 69.9 Å². The standard InChI is InChI=1S/C32H26N4O3/c33-30(34)22-14-16-25(17-15-22)35-31(37)29-19-24-11-5-4-10-23(24)18-28(29)26-12-6-7-13-27(26)32(38)36-39-20-21-8-2-1-3-9-21/h1-19H,20H2,(H3,33,34)(H,35,37)(H,36,38). The summed E-state index contributed by atoms with van der Waals surface area (Å²) >= 11 is 0. The molecule has 0 heterocycles. The van der Waals surface area contributed by atoms with Crippen molar-refractivity contribution in [3.05, 3.63) is 138 Å². The largest absolute Gasteiger partial charge is 0.384 e. The SMILES string of the molecule is N=C(N)c1ccc(NC(=O)c2cc3ccccc3cc2-c2ccccc2C(=O)NOCc2ccccc2)cc1. The molecule has 5 aromatic rings. The lowest BCUT2D eigenvalue weighted by atomic mass is 9.92. The van der Waals surface area contributed by atoms with Crippen molar-refractivity contribution in [1.82, 2.24) is 5.48 Å². The van der Waals surface area contributed by atoms with Crippen LogP contribution in [-0.2, 0) is 11.4 Å². The van der Waals surface area contributed by atoms with E-state index in [1.54, 1.807) is 36.4 Å². The molecule has 0 aliphatic rings. The number of rotatable bonds is 8. The summed E-state index contributed by atoms with van der Waals surface area (Å²) in [6.07, 6.45) is 0. The minimum Gasteiger partial charge on any atom is -0.384 e. The summed E-state index contributed by atoms with van der Waals surface area (Å²) in [6.45, 7) is 0.223. The van der Waals surface area contributed by atoms with E-state index in [9.17, 15) is 9.59 Å². The van der Waals surface area contributed by atoms with E-state index >= 15 is 0 Å². The Hall–Kier alpha value is -5.27. The van der Waals surface area contributed by atoms with Crippen LogP contribution in [0.25, 0.3) is 21.9 Å². The van der Waals surface area contributed by atoms with Gasteiger partial charge in [-0.2, -0.15) is 0 Å². The lowest BCUT2D eigenvalue weighted by Gasteiger charge is -2.16. The number of benzene rings is 5. The van der Waals surface area contributed by atoms with Gasteiger partial charge in [0.15, 0.2) is 0 Å². The molecule has 192 valence electrons. The van der Waals surface area contributed by atoms with E-state index in [1.165, 1.54) is 0 Å².